The van der Waals surface area contributed by atoms with E-state index in [4.69, 9.17) is 5.73 Å². The number of nitrogen functional groups attached to an aromatic ring is 1. The number of hydrogen-bond donors (Lipinski definition) is 3. The number of nitrogens with two attached hydrogens (primary N) is 1. The molecule has 0 saturated heterocycles. The fraction of sp³-hybridized carbons (Fsp3) is 0.500. The predicted octanol–water partition coefficient (Wildman–Crippen LogP) is 1.30. The zero-order valence-electron chi connectivity index (χ0n) is 10.8. The van der Waals surface area contributed by atoms with E-state index >= 15 is 0 Å². The highest BCUT2D eigenvalue weighted by Gasteiger charge is 2.13. The van der Waals surface area contributed by atoms with Gasteiger partial charge in [0.05, 0.1) is 12.2 Å². The van der Waals surface area contributed by atoms with Gasteiger partial charge in [-0.2, -0.15) is 0 Å². The first-order valence-electron chi connectivity index (χ1n) is 5.56. The molecule has 1 heterocycles. The molecule has 5 nitrogen and oxygen atoms in total. The number of anilines is 2. The summed E-state index contributed by atoms with van der Waals surface area (Å²) in [6.45, 7) is 7.84. The summed E-state index contributed by atoms with van der Waals surface area (Å²) < 4.78 is 0. The van der Waals surface area contributed by atoms with Crippen LogP contribution in [0.25, 0.3) is 0 Å². The van der Waals surface area contributed by atoms with Crippen molar-refractivity contribution < 1.29 is 4.79 Å². The number of carbonyl (C=O) groups excluding carboxylic acids is 1. The fourth-order valence-corrected chi connectivity index (χ4v) is 1.34. The minimum absolute atomic E-state index is 0.0831. The molecule has 0 saturated carbocycles. The minimum Gasteiger partial charge on any atom is -0.396 e. The Morgan fingerprint density at radius 2 is 2.06 bits per heavy atom. The Hall–Kier alpha value is -1.78. The molecule has 5 heteroatoms. The van der Waals surface area contributed by atoms with Gasteiger partial charge in [-0.1, -0.05) is 0 Å². The van der Waals surface area contributed by atoms with Gasteiger partial charge >= 0.3 is 0 Å². The first-order valence-corrected chi connectivity index (χ1v) is 5.56. The molecule has 0 spiro atoms. The summed E-state index contributed by atoms with van der Waals surface area (Å²) in [7, 11) is 0. The van der Waals surface area contributed by atoms with Crippen LogP contribution in [-0.2, 0) is 4.79 Å². The molecule has 0 unspecified atom stereocenters. The third-order valence-electron chi connectivity index (χ3n) is 2.00. The number of pyridine rings is 1. The summed E-state index contributed by atoms with van der Waals surface area (Å²) in [5.74, 6) is 0.467. The van der Waals surface area contributed by atoms with E-state index in [0.717, 1.165) is 5.69 Å². The second-order valence-corrected chi connectivity index (χ2v) is 5.04. The molecular formula is C12H20N4O. The van der Waals surface area contributed by atoms with Crippen LogP contribution >= 0.6 is 0 Å². The smallest absolute Gasteiger partial charge is 0.239 e. The summed E-state index contributed by atoms with van der Waals surface area (Å²) in [5.41, 5.74) is 6.91. The van der Waals surface area contributed by atoms with E-state index in [1.54, 1.807) is 6.07 Å². The highest BCUT2D eigenvalue weighted by molar-refractivity contribution is 5.82. The number of carbonyl (C=O) groups is 1. The highest BCUT2D eigenvalue weighted by atomic mass is 16.2. The normalized spacial score (nSPS) is 11.1. The van der Waals surface area contributed by atoms with Crippen LogP contribution in [-0.4, -0.2) is 23.0 Å². The Kier molecular flexibility index (Phi) is 3.93. The van der Waals surface area contributed by atoms with Crippen LogP contribution in [0.15, 0.2) is 12.1 Å². The van der Waals surface area contributed by atoms with Gasteiger partial charge in [-0.3, -0.25) is 4.79 Å². The summed E-state index contributed by atoms with van der Waals surface area (Å²) in [4.78, 5) is 15.8. The maximum absolute atomic E-state index is 11.6. The van der Waals surface area contributed by atoms with Crippen LogP contribution in [0.5, 0.6) is 0 Å². The zero-order chi connectivity index (χ0) is 13.1. The van der Waals surface area contributed by atoms with E-state index < -0.39 is 0 Å². The lowest BCUT2D eigenvalue weighted by Gasteiger charge is -2.20. The second kappa shape index (κ2) is 5.03. The summed E-state index contributed by atoms with van der Waals surface area (Å²) >= 11 is 0. The van der Waals surface area contributed by atoms with E-state index in [0.29, 0.717) is 11.5 Å². The van der Waals surface area contributed by atoms with Gasteiger partial charge in [0.15, 0.2) is 0 Å². The number of aromatic nitrogens is 1. The monoisotopic (exact) mass is 236 g/mol. The number of nitrogens with zero attached hydrogens (tertiary/aromatic N) is 1. The Morgan fingerprint density at radius 3 is 2.65 bits per heavy atom. The average Bonchev–Trinajstić information content (AvgIpc) is 2.17. The minimum atomic E-state index is -0.232. The van der Waals surface area contributed by atoms with E-state index in [-0.39, 0.29) is 18.0 Å². The first kappa shape index (κ1) is 13.3. The van der Waals surface area contributed by atoms with Crippen molar-refractivity contribution in [2.24, 2.45) is 0 Å². The van der Waals surface area contributed by atoms with Crippen molar-refractivity contribution in [3.05, 3.63) is 17.8 Å². The molecule has 0 aliphatic rings. The van der Waals surface area contributed by atoms with Gasteiger partial charge in [-0.25, -0.2) is 4.98 Å². The molecule has 0 fully saturated rings. The van der Waals surface area contributed by atoms with Gasteiger partial charge in [0.1, 0.15) is 5.82 Å². The molecule has 4 N–H and O–H groups in total. The van der Waals surface area contributed by atoms with Gasteiger partial charge in [0.2, 0.25) is 5.91 Å². The lowest BCUT2D eigenvalue weighted by atomic mass is 10.1. The number of rotatable bonds is 3. The molecule has 94 valence electrons. The summed E-state index contributed by atoms with van der Waals surface area (Å²) in [6, 6.07) is 3.60. The van der Waals surface area contributed by atoms with Crippen molar-refractivity contribution >= 4 is 17.4 Å². The average molecular weight is 236 g/mol. The second-order valence-electron chi connectivity index (χ2n) is 5.04. The molecular weight excluding hydrogens is 216 g/mol. The van der Waals surface area contributed by atoms with Crippen LogP contribution in [0, 0.1) is 6.92 Å². The van der Waals surface area contributed by atoms with E-state index in [9.17, 15) is 4.79 Å². The number of amides is 1. The molecule has 1 amide bonds. The fourth-order valence-electron chi connectivity index (χ4n) is 1.34. The molecule has 0 aliphatic heterocycles. The van der Waals surface area contributed by atoms with Gasteiger partial charge in [0, 0.05) is 11.2 Å². The van der Waals surface area contributed by atoms with Crippen molar-refractivity contribution in [2.45, 2.75) is 33.2 Å². The van der Waals surface area contributed by atoms with E-state index in [2.05, 4.69) is 15.6 Å². The molecule has 17 heavy (non-hydrogen) atoms. The Balaban J connectivity index is 2.56. The molecule has 0 aliphatic carbocycles. The number of nitrogens with one attached hydrogen (secondary N) is 2. The Bertz CT molecular complexity index is 409. The van der Waals surface area contributed by atoms with Crippen molar-refractivity contribution in [1.82, 2.24) is 10.3 Å². The third-order valence-corrected chi connectivity index (χ3v) is 2.00. The molecule has 0 bridgehead atoms. The molecule has 1 aromatic heterocycles. The first-order chi connectivity index (χ1) is 7.78. The molecule has 0 radical (unpaired) electrons. The van der Waals surface area contributed by atoms with E-state index in [1.807, 2.05) is 33.8 Å². The van der Waals surface area contributed by atoms with Crippen LogP contribution in [0.1, 0.15) is 26.5 Å². The van der Waals surface area contributed by atoms with Crippen LogP contribution in [0.2, 0.25) is 0 Å². The maximum Gasteiger partial charge on any atom is 0.239 e. The van der Waals surface area contributed by atoms with Crippen LogP contribution in [0.4, 0.5) is 11.5 Å². The Labute approximate surface area is 102 Å². The standard InChI is InChI=1S/C12H20N4O/c1-8-5-6-9(13)11(15-8)14-7-10(17)16-12(2,3)4/h5-6H,7,13H2,1-4H3,(H,14,15)(H,16,17). The summed E-state index contributed by atoms with van der Waals surface area (Å²) in [6.07, 6.45) is 0. The quantitative estimate of drug-likeness (QED) is 0.739. The molecule has 0 aromatic carbocycles. The summed E-state index contributed by atoms with van der Waals surface area (Å²) in [5, 5.41) is 5.78. The lowest BCUT2D eigenvalue weighted by Crippen LogP contribution is -2.43. The topological polar surface area (TPSA) is 80.0 Å². The van der Waals surface area contributed by atoms with Crippen molar-refractivity contribution in [3.63, 3.8) is 0 Å². The van der Waals surface area contributed by atoms with Crippen molar-refractivity contribution in [2.75, 3.05) is 17.6 Å². The van der Waals surface area contributed by atoms with Gasteiger partial charge in [0.25, 0.3) is 0 Å². The van der Waals surface area contributed by atoms with Gasteiger partial charge in [-0.15, -0.1) is 0 Å². The SMILES string of the molecule is Cc1ccc(N)c(NCC(=O)NC(C)(C)C)n1. The Morgan fingerprint density at radius 1 is 1.41 bits per heavy atom. The van der Waals surface area contributed by atoms with Crippen LogP contribution < -0.4 is 16.4 Å². The van der Waals surface area contributed by atoms with Crippen molar-refractivity contribution in [3.8, 4) is 0 Å². The number of aryl methyl sites for hydroxylation is 1. The lowest BCUT2D eigenvalue weighted by molar-refractivity contribution is -0.120. The third kappa shape index (κ3) is 4.72. The number of hydrogen-bond acceptors (Lipinski definition) is 4. The van der Waals surface area contributed by atoms with Crippen LogP contribution in [0.3, 0.4) is 0 Å². The van der Waals surface area contributed by atoms with Gasteiger partial charge < -0.3 is 16.4 Å². The molecule has 1 rings (SSSR count). The van der Waals surface area contributed by atoms with Gasteiger partial charge in [-0.05, 0) is 39.8 Å². The largest absolute Gasteiger partial charge is 0.396 e. The zero-order valence-corrected chi connectivity index (χ0v) is 10.8. The maximum atomic E-state index is 11.6. The van der Waals surface area contributed by atoms with Crippen molar-refractivity contribution in [1.29, 1.82) is 0 Å². The molecule has 0 atom stereocenters. The predicted molar refractivity (Wildman–Crippen MR) is 69.8 cm³/mol. The molecule has 1 aromatic rings. The van der Waals surface area contributed by atoms with E-state index in [1.165, 1.54) is 0 Å². The highest BCUT2D eigenvalue weighted by Crippen LogP contribution is 2.14.